The Kier molecular flexibility index (Phi) is 3.94. The second-order valence-corrected chi connectivity index (χ2v) is 5.02. The Balaban J connectivity index is 2.03. The molecule has 6 heteroatoms. The Morgan fingerprint density at radius 1 is 1.50 bits per heavy atom. The van der Waals surface area contributed by atoms with Crippen LogP contribution in [-0.4, -0.2) is 26.0 Å². The van der Waals surface area contributed by atoms with Gasteiger partial charge in [0.15, 0.2) is 0 Å². The van der Waals surface area contributed by atoms with Crippen LogP contribution >= 0.6 is 0 Å². The van der Waals surface area contributed by atoms with Gasteiger partial charge in [-0.15, -0.1) is 5.10 Å². The molecule has 1 aliphatic carbocycles. The van der Waals surface area contributed by atoms with Crippen molar-refractivity contribution in [3.63, 3.8) is 0 Å². The van der Waals surface area contributed by atoms with Crippen LogP contribution in [0.3, 0.4) is 0 Å². The number of hydrogen-bond acceptors (Lipinski definition) is 3. The minimum Gasteiger partial charge on any atom is -0.386 e. The molecule has 1 saturated carbocycles. The van der Waals surface area contributed by atoms with Gasteiger partial charge in [0.1, 0.15) is 6.10 Å². The second kappa shape index (κ2) is 5.30. The van der Waals surface area contributed by atoms with Gasteiger partial charge in [0.05, 0.1) is 11.9 Å². The van der Waals surface area contributed by atoms with Crippen molar-refractivity contribution in [3.05, 3.63) is 11.9 Å². The molecule has 0 spiro atoms. The highest BCUT2D eigenvalue weighted by Crippen LogP contribution is 2.41. The number of aliphatic hydroxyl groups excluding tert-OH is 1. The summed E-state index contributed by atoms with van der Waals surface area (Å²) in [6, 6.07) is 0. The average Bonchev–Trinajstić information content (AvgIpc) is 2.77. The molecule has 4 nitrogen and oxygen atoms in total. The fourth-order valence-corrected chi connectivity index (χ4v) is 2.50. The predicted octanol–water partition coefficient (Wildman–Crippen LogP) is 2.55. The highest BCUT2D eigenvalue weighted by Gasteiger charge is 2.38. The molecule has 2 rings (SSSR count). The van der Waals surface area contributed by atoms with Crippen LogP contribution in [0.25, 0.3) is 0 Å². The summed E-state index contributed by atoms with van der Waals surface area (Å²) in [5.74, 6) is -2.67. The fourth-order valence-electron chi connectivity index (χ4n) is 2.50. The van der Waals surface area contributed by atoms with Crippen LogP contribution < -0.4 is 0 Å². The monoisotopic (exact) mass is 259 g/mol. The molecule has 1 N–H and O–H groups in total. The van der Waals surface area contributed by atoms with Gasteiger partial charge in [-0.05, 0) is 25.2 Å². The van der Waals surface area contributed by atoms with Crippen molar-refractivity contribution in [2.45, 2.75) is 57.6 Å². The predicted molar refractivity (Wildman–Crippen MR) is 62.2 cm³/mol. The van der Waals surface area contributed by atoms with E-state index in [4.69, 9.17) is 0 Å². The lowest BCUT2D eigenvalue weighted by atomic mass is 9.82. The number of alkyl halides is 2. The highest BCUT2D eigenvalue weighted by molar-refractivity contribution is 5.02. The zero-order valence-corrected chi connectivity index (χ0v) is 10.5. The summed E-state index contributed by atoms with van der Waals surface area (Å²) in [5.41, 5.74) is 0.645. The van der Waals surface area contributed by atoms with E-state index < -0.39 is 12.0 Å². The molecule has 1 aliphatic rings. The zero-order valence-electron chi connectivity index (χ0n) is 10.5. The van der Waals surface area contributed by atoms with Gasteiger partial charge in [0.25, 0.3) is 0 Å². The van der Waals surface area contributed by atoms with Crippen molar-refractivity contribution in [1.29, 1.82) is 0 Å². The maximum absolute atomic E-state index is 13.1. The van der Waals surface area contributed by atoms with Crippen LogP contribution in [0, 0.1) is 5.92 Å². The number of hydrogen-bond donors (Lipinski definition) is 1. The van der Waals surface area contributed by atoms with Gasteiger partial charge in [0, 0.05) is 19.4 Å². The molecule has 0 aromatic carbocycles. The lowest BCUT2D eigenvalue weighted by molar-refractivity contribution is -0.0637. The van der Waals surface area contributed by atoms with Gasteiger partial charge in [-0.25, -0.2) is 13.5 Å². The van der Waals surface area contributed by atoms with Crippen LogP contribution in [0.2, 0.25) is 0 Å². The SMILES string of the molecule is CCCn1nncc1C(O)C1CCC(F)(F)CC1. The number of nitrogens with zero attached hydrogens (tertiary/aromatic N) is 3. The van der Waals surface area contributed by atoms with E-state index in [0.29, 0.717) is 25.1 Å². The van der Waals surface area contributed by atoms with Gasteiger partial charge >= 0.3 is 0 Å². The van der Waals surface area contributed by atoms with Gasteiger partial charge in [0.2, 0.25) is 5.92 Å². The first kappa shape index (κ1) is 13.4. The van der Waals surface area contributed by atoms with E-state index in [0.717, 1.165) is 6.42 Å². The molecule has 1 fully saturated rings. The van der Waals surface area contributed by atoms with E-state index in [1.165, 1.54) is 6.20 Å². The van der Waals surface area contributed by atoms with Crippen LogP contribution in [0.15, 0.2) is 6.20 Å². The minimum absolute atomic E-state index is 0.112. The molecule has 0 aliphatic heterocycles. The maximum Gasteiger partial charge on any atom is 0.248 e. The minimum atomic E-state index is -2.56. The molecular weight excluding hydrogens is 240 g/mol. The smallest absolute Gasteiger partial charge is 0.248 e. The number of aromatic nitrogens is 3. The quantitative estimate of drug-likeness (QED) is 0.904. The summed E-state index contributed by atoms with van der Waals surface area (Å²) in [6.45, 7) is 2.70. The summed E-state index contributed by atoms with van der Waals surface area (Å²) in [5, 5.41) is 18.0. The van der Waals surface area contributed by atoms with Gasteiger partial charge in [-0.3, -0.25) is 0 Å². The first-order chi connectivity index (χ1) is 8.53. The van der Waals surface area contributed by atoms with Crippen molar-refractivity contribution in [3.8, 4) is 0 Å². The molecule has 1 aromatic rings. The van der Waals surface area contributed by atoms with Crippen molar-refractivity contribution in [2.24, 2.45) is 5.92 Å². The first-order valence-corrected chi connectivity index (χ1v) is 6.48. The van der Waals surface area contributed by atoms with Crippen LogP contribution in [0.4, 0.5) is 8.78 Å². The van der Waals surface area contributed by atoms with Crippen LogP contribution in [0.5, 0.6) is 0 Å². The highest BCUT2D eigenvalue weighted by atomic mass is 19.3. The Bertz CT molecular complexity index is 384. The van der Waals surface area contributed by atoms with Crippen molar-refractivity contribution in [2.75, 3.05) is 0 Å². The summed E-state index contributed by atoms with van der Waals surface area (Å²) in [6.07, 6.45) is 2.13. The third-order valence-electron chi connectivity index (χ3n) is 3.59. The van der Waals surface area contributed by atoms with E-state index in [-0.39, 0.29) is 18.8 Å². The van der Waals surface area contributed by atoms with E-state index in [1.807, 2.05) is 6.92 Å². The van der Waals surface area contributed by atoms with Crippen molar-refractivity contribution < 1.29 is 13.9 Å². The average molecular weight is 259 g/mol. The standard InChI is InChI=1S/C12H19F2N3O/c1-2-7-17-10(8-15-16-17)11(18)9-3-5-12(13,14)6-4-9/h8-9,11,18H,2-7H2,1H3. The Hall–Kier alpha value is -1.04. The van der Waals surface area contributed by atoms with Crippen LogP contribution in [-0.2, 0) is 6.54 Å². The third-order valence-corrected chi connectivity index (χ3v) is 3.59. The molecule has 1 aromatic heterocycles. The van der Waals surface area contributed by atoms with E-state index in [9.17, 15) is 13.9 Å². The van der Waals surface area contributed by atoms with E-state index in [1.54, 1.807) is 4.68 Å². The molecule has 0 bridgehead atoms. The molecule has 0 saturated heterocycles. The molecule has 18 heavy (non-hydrogen) atoms. The molecule has 0 radical (unpaired) electrons. The summed E-state index contributed by atoms with van der Waals surface area (Å²) < 4.78 is 27.8. The topological polar surface area (TPSA) is 50.9 Å². The van der Waals surface area contributed by atoms with E-state index >= 15 is 0 Å². The van der Waals surface area contributed by atoms with Crippen molar-refractivity contribution in [1.82, 2.24) is 15.0 Å². The first-order valence-electron chi connectivity index (χ1n) is 6.48. The second-order valence-electron chi connectivity index (χ2n) is 5.02. The normalized spacial score (nSPS) is 22.0. The number of rotatable bonds is 4. The molecular formula is C12H19F2N3O. The molecule has 1 heterocycles. The van der Waals surface area contributed by atoms with Gasteiger partial charge < -0.3 is 5.11 Å². The largest absolute Gasteiger partial charge is 0.386 e. The Morgan fingerprint density at radius 2 is 2.17 bits per heavy atom. The van der Waals surface area contributed by atoms with Gasteiger partial charge in [-0.2, -0.15) is 0 Å². The van der Waals surface area contributed by atoms with Crippen molar-refractivity contribution >= 4 is 0 Å². The molecule has 1 unspecified atom stereocenters. The van der Waals surface area contributed by atoms with Gasteiger partial charge in [-0.1, -0.05) is 12.1 Å². The summed E-state index contributed by atoms with van der Waals surface area (Å²) in [7, 11) is 0. The number of halogens is 2. The zero-order chi connectivity index (χ0) is 13.2. The third kappa shape index (κ3) is 2.85. The summed E-state index contributed by atoms with van der Waals surface area (Å²) >= 11 is 0. The lowest BCUT2D eigenvalue weighted by Gasteiger charge is -2.31. The molecule has 102 valence electrons. The number of aliphatic hydroxyl groups is 1. The van der Waals surface area contributed by atoms with Crippen LogP contribution in [0.1, 0.15) is 50.8 Å². The Labute approximate surface area is 105 Å². The van der Waals surface area contributed by atoms with E-state index in [2.05, 4.69) is 10.3 Å². The Morgan fingerprint density at radius 3 is 2.78 bits per heavy atom. The maximum atomic E-state index is 13.1. The fraction of sp³-hybridized carbons (Fsp3) is 0.833. The number of aryl methyl sites for hydroxylation is 1. The molecule has 1 atom stereocenters. The lowest BCUT2D eigenvalue weighted by Crippen LogP contribution is -2.28. The summed E-state index contributed by atoms with van der Waals surface area (Å²) in [4.78, 5) is 0. The molecule has 0 amide bonds.